The van der Waals surface area contributed by atoms with Crippen molar-refractivity contribution in [3.8, 4) is 0 Å². The number of aliphatic hydroxyl groups excluding tert-OH is 1. The number of nitrogens with one attached hydrogen (secondary N) is 2. The molecule has 0 saturated heterocycles. The maximum absolute atomic E-state index is 12.0. The summed E-state index contributed by atoms with van der Waals surface area (Å²) in [7, 11) is 0. The molecule has 0 aliphatic heterocycles. The lowest BCUT2D eigenvalue weighted by atomic mass is 9.96. The Bertz CT molecular complexity index is 706. The van der Waals surface area contributed by atoms with Gasteiger partial charge in [0.25, 0.3) is 5.69 Å². The molecule has 2 aromatic rings. The van der Waals surface area contributed by atoms with E-state index in [1.807, 2.05) is 30.3 Å². The summed E-state index contributed by atoms with van der Waals surface area (Å²) >= 11 is 0. The number of urea groups is 1. The second kappa shape index (κ2) is 9.39. The Kier molecular flexibility index (Phi) is 6.91. The van der Waals surface area contributed by atoms with Crippen molar-refractivity contribution in [3.63, 3.8) is 0 Å². The molecule has 7 heteroatoms. The first-order valence-electron chi connectivity index (χ1n) is 8.01. The third-order valence-corrected chi connectivity index (χ3v) is 3.83. The van der Waals surface area contributed by atoms with Crippen LogP contribution in [-0.2, 0) is 6.54 Å². The molecule has 3 N–H and O–H groups in total. The van der Waals surface area contributed by atoms with E-state index in [0.29, 0.717) is 18.5 Å². The first-order chi connectivity index (χ1) is 12.1. The largest absolute Gasteiger partial charge is 0.396 e. The Morgan fingerprint density at radius 2 is 1.88 bits per heavy atom. The summed E-state index contributed by atoms with van der Waals surface area (Å²) in [4.78, 5) is 22.2. The first kappa shape index (κ1) is 18.4. The van der Waals surface area contributed by atoms with Crippen LogP contribution >= 0.6 is 0 Å². The van der Waals surface area contributed by atoms with Crippen LogP contribution < -0.4 is 10.6 Å². The number of carbonyl (C=O) groups is 1. The zero-order chi connectivity index (χ0) is 18.1. The highest BCUT2D eigenvalue weighted by atomic mass is 16.6. The molecule has 132 valence electrons. The Labute approximate surface area is 145 Å². The molecule has 7 nitrogen and oxygen atoms in total. The van der Waals surface area contributed by atoms with Crippen molar-refractivity contribution in [2.75, 3.05) is 13.2 Å². The van der Waals surface area contributed by atoms with Gasteiger partial charge in [-0.2, -0.15) is 0 Å². The monoisotopic (exact) mass is 343 g/mol. The van der Waals surface area contributed by atoms with Gasteiger partial charge in [-0.3, -0.25) is 10.1 Å². The highest BCUT2D eigenvalue weighted by molar-refractivity contribution is 5.73. The molecule has 0 heterocycles. The van der Waals surface area contributed by atoms with Crippen LogP contribution in [-0.4, -0.2) is 29.2 Å². The molecule has 2 rings (SSSR count). The van der Waals surface area contributed by atoms with Gasteiger partial charge in [0, 0.05) is 37.7 Å². The number of nitro benzene ring substituents is 1. The van der Waals surface area contributed by atoms with E-state index in [2.05, 4.69) is 10.6 Å². The van der Waals surface area contributed by atoms with Crippen LogP contribution in [0.3, 0.4) is 0 Å². The standard InChI is InChI=1S/C18H21N3O4/c22-10-9-16(15-6-2-1-3-7-15)13-20-18(23)19-12-14-5-4-8-17(11-14)21(24)25/h1-8,11,16,22H,9-10,12-13H2,(H2,19,20,23). The predicted molar refractivity (Wildman–Crippen MR) is 94.2 cm³/mol. The van der Waals surface area contributed by atoms with Gasteiger partial charge in [-0.15, -0.1) is 0 Å². The van der Waals surface area contributed by atoms with E-state index in [0.717, 1.165) is 5.56 Å². The lowest BCUT2D eigenvalue weighted by Crippen LogP contribution is -2.37. The van der Waals surface area contributed by atoms with Gasteiger partial charge in [0.1, 0.15) is 0 Å². The molecule has 0 aliphatic rings. The summed E-state index contributed by atoms with van der Waals surface area (Å²) in [5.41, 5.74) is 1.70. The number of benzene rings is 2. The van der Waals surface area contributed by atoms with Crippen LogP contribution in [0.15, 0.2) is 54.6 Å². The molecule has 25 heavy (non-hydrogen) atoms. The summed E-state index contributed by atoms with van der Waals surface area (Å²) in [6.45, 7) is 0.630. The van der Waals surface area contributed by atoms with E-state index < -0.39 is 4.92 Å². The predicted octanol–water partition coefficient (Wildman–Crippen LogP) is 2.56. The fraction of sp³-hybridized carbons (Fsp3) is 0.278. The Hall–Kier alpha value is -2.93. The van der Waals surface area contributed by atoms with Crippen LogP contribution in [0.5, 0.6) is 0 Å². The molecule has 0 aliphatic carbocycles. The molecule has 0 bridgehead atoms. The smallest absolute Gasteiger partial charge is 0.315 e. The normalized spacial score (nSPS) is 11.6. The number of nitrogens with zero attached hydrogens (tertiary/aromatic N) is 1. The van der Waals surface area contributed by atoms with Gasteiger partial charge in [0.2, 0.25) is 0 Å². The average Bonchev–Trinajstić information content (AvgIpc) is 2.64. The van der Waals surface area contributed by atoms with Crippen molar-refractivity contribution in [2.45, 2.75) is 18.9 Å². The van der Waals surface area contributed by atoms with Crippen molar-refractivity contribution in [2.24, 2.45) is 0 Å². The number of carbonyl (C=O) groups excluding carboxylic acids is 1. The fourth-order valence-corrected chi connectivity index (χ4v) is 2.51. The number of rotatable bonds is 8. The maximum Gasteiger partial charge on any atom is 0.315 e. The maximum atomic E-state index is 12.0. The zero-order valence-corrected chi connectivity index (χ0v) is 13.7. The zero-order valence-electron chi connectivity index (χ0n) is 13.7. The molecule has 2 amide bonds. The number of aliphatic hydroxyl groups is 1. The van der Waals surface area contributed by atoms with E-state index in [4.69, 9.17) is 0 Å². The summed E-state index contributed by atoms with van der Waals surface area (Å²) in [5, 5.41) is 25.4. The molecule has 1 atom stereocenters. The molecule has 0 spiro atoms. The van der Waals surface area contributed by atoms with Crippen LogP contribution in [0.25, 0.3) is 0 Å². The second-order valence-electron chi connectivity index (χ2n) is 5.61. The molecule has 0 aromatic heterocycles. The molecule has 0 fully saturated rings. The fourth-order valence-electron chi connectivity index (χ4n) is 2.51. The van der Waals surface area contributed by atoms with Crippen molar-refractivity contribution in [1.29, 1.82) is 0 Å². The number of amides is 2. The highest BCUT2D eigenvalue weighted by Crippen LogP contribution is 2.18. The quantitative estimate of drug-likeness (QED) is 0.506. The third-order valence-electron chi connectivity index (χ3n) is 3.83. The van der Waals surface area contributed by atoms with E-state index >= 15 is 0 Å². The van der Waals surface area contributed by atoms with E-state index in [9.17, 15) is 20.0 Å². The number of hydrogen-bond donors (Lipinski definition) is 3. The van der Waals surface area contributed by atoms with Crippen molar-refractivity contribution in [3.05, 3.63) is 75.8 Å². The van der Waals surface area contributed by atoms with E-state index in [1.165, 1.54) is 12.1 Å². The van der Waals surface area contributed by atoms with Gasteiger partial charge in [-0.25, -0.2) is 4.79 Å². The van der Waals surface area contributed by atoms with Gasteiger partial charge < -0.3 is 15.7 Å². The average molecular weight is 343 g/mol. The Morgan fingerprint density at radius 1 is 1.12 bits per heavy atom. The Morgan fingerprint density at radius 3 is 2.56 bits per heavy atom. The van der Waals surface area contributed by atoms with Crippen LogP contribution in [0.4, 0.5) is 10.5 Å². The van der Waals surface area contributed by atoms with Crippen LogP contribution in [0.1, 0.15) is 23.5 Å². The van der Waals surface area contributed by atoms with Crippen molar-refractivity contribution in [1.82, 2.24) is 10.6 Å². The first-order valence-corrected chi connectivity index (χ1v) is 8.01. The molecule has 2 aromatic carbocycles. The highest BCUT2D eigenvalue weighted by Gasteiger charge is 2.12. The lowest BCUT2D eigenvalue weighted by Gasteiger charge is -2.17. The minimum absolute atomic E-state index is 0.00760. The number of hydrogen-bond acceptors (Lipinski definition) is 4. The van der Waals surface area contributed by atoms with Crippen LogP contribution in [0, 0.1) is 10.1 Å². The molecule has 0 saturated carbocycles. The minimum Gasteiger partial charge on any atom is -0.396 e. The summed E-state index contributed by atoms with van der Waals surface area (Å²) in [6.07, 6.45) is 0.551. The second-order valence-corrected chi connectivity index (χ2v) is 5.61. The van der Waals surface area contributed by atoms with Crippen LogP contribution in [0.2, 0.25) is 0 Å². The van der Waals surface area contributed by atoms with Crippen molar-refractivity contribution < 1.29 is 14.8 Å². The van der Waals surface area contributed by atoms with Gasteiger partial charge >= 0.3 is 6.03 Å². The van der Waals surface area contributed by atoms with Gasteiger partial charge in [-0.05, 0) is 17.5 Å². The number of nitro groups is 1. The summed E-state index contributed by atoms with van der Waals surface area (Å²) in [6, 6.07) is 15.5. The van der Waals surface area contributed by atoms with Gasteiger partial charge in [0.15, 0.2) is 0 Å². The molecular weight excluding hydrogens is 322 g/mol. The molecule has 0 radical (unpaired) electrons. The van der Waals surface area contributed by atoms with Gasteiger partial charge in [0.05, 0.1) is 4.92 Å². The van der Waals surface area contributed by atoms with Gasteiger partial charge in [-0.1, -0.05) is 42.5 Å². The topological polar surface area (TPSA) is 104 Å². The minimum atomic E-state index is -0.469. The SMILES string of the molecule is O=C(NCc1cccc([N+](=O)[O-])c1)NCC(CCO)c1ccccc1. The molecular formula is C18H21N3O4. The third kappa shape index (κ3) is 5.89. The number of non-ortho nitro benzene ring substituents is 1. The molecule has 1 unspecified atom stereocenters. The van der Waals surface area contributed by atoms with Crippen molar-refractivity contribution >= 4 is 11.7 Å². The summed E-state index contributed by atoms with van der Waals surface area (Å²) in [5.74, 6) is 0.0229. The Balaban J connectivity index is 1.85. The lowest BCUT2D eigenvalue weighted by molar-refractivity contribution is -0.384. The summed E-state index contributed by atoms with van der Waals surface area (Å²) < 4.78 is 0. The van der Waals surface area contributed by atoms with E-state index in [1.54, 1.807) is 12.1 Å². The van der Waals surface area contributed by atoms with E-state index in [-0.39, 0.29) is 30.8 Å².